The number of hydrogen-bond donors (Lipinski definition) is 0. The molecule has 1 atom stereocenters. The number of morpholine rings is 1. The molecule has 0 amide bonds. The molecular weight excluding hydrogens is 302 g/mol. The lowest BCUT2D eigenvalue weighted by Gasteiger charge is -2.34. The van der Waals surface area contributed by atoms with Crippen LogP contribution in [0, 0.1) is 6.92 Å². The highest BCUT2D eigenvalue weighted by molar-refractivity contribution is 5.28. The van der Waals surface area contributed by atoms with E-state index in [1.54, 1.807) is 0 Å². The Morgan fingerprint density at radius 2 is 1.79 bits per heavy atom. The number of nitrogens with zero attached hydrogens (tertiary/aromatic N) is 5. The average Bonchev–Trinajstić information content (AvgIpc) is 3.29. The van der Waals surface area contributed by atoms with Crippen molar-refractivity contribution in [1.82, 2.24) is 25.1 Å². The van der Waals surface area contributed by atoms with Crippen LogP contribution in [0.5, 0.6) is 0 Å². The number of aryl methyl sites for hydroxylation is 1. The quantitative estimate of drug-likeness (QED) is 0.864. The molecule has 1 aromatic carbocycles. The summed E-state index contributed by atoms with van der Waals surface area (Å²) in [4.78, 5) is 2.45. The van der Waals surface area contributed by atoms with Crippen molar-refractivity contribution < 1.29 is 4.74 Å². The molecule has 6 heteroatoms. The minimum absolute atomic E-state index is 0.102. The van der Waals surface area contributed by atoms with Crippen LogP contribution in [0.1, 0.15) is 54.7 Å². The van der Waals surface area contributed by atoms with Gasteiger partial charge in [0.15, 0.2) is 5.82 Å². The number of hydrogen-bond acceptors (Lipinski definition) is 5. The molecule has 0 spiro atoms. The molecule has 1 saturated heterocycles. The van der Waals surface area contributed by atoms with Crippen LogP contribution in [0.4, 0.5) is 0 Å². The van der Waals surface area contributed by atoms with E-state index >= 15 is 0 Å². The summed E-state index contributed by atoms with van der Waals surface area (Å²) in [7, 11) is 0. The van der Waals surface area contributed by atoms with Crippen LogP contribution >= 0.6 is 0 Å². The summed E-state index contributed by atoms with van der Waals surface area (Å²) in [6, 6.07) is 9.32. The van der Waals surface area contributed by atoms with Crippen LogP contribution in [0.3, 0.4) is 0 Å². The van der Waals surface area contributed by atoms with Gasteiger partial charge in [0, 0.05) is 13.1 Å². The zero-order chi connectivity index (χ0) is 16.4. The Balaban J connectivity index is 1.72. The van der Waals surface area contributed by atoms with Crippen LogP contribution in [-0.4, -0.2) is 51.4 Å². The minimum Gasteiger partial charge on any atom is -0.379 e. The van der Waals surface area contributed by atoms with Gasteiger partial charge in [0.1, 0.15) is 0 Å². The molecule has 0 bridgehead atoms. The van der Waals surface area contributed by atoms with Gasteiger partial charge in [-0.05, 0) is 35.8 Å². The molecule has 24 heavy (non-hydrogen) atoms. The number of aromatic nitrogens is 4. The first kappa shape index (κ1) is 15.7. The summed E-state index contributed by atoms with van der Waals surface area (Å²) in [6.45, 7) is 5.49. The standard InChI is InChI=1S/C18H25N5O/c1-14-6-8-15(9-7-14)17(22-10-12-24-13-11-22)18-19-20-21-23(18)16-4-2-3-5-16/h6-9,16-17H,2-5,10-13H2,1H3/t17-/m1/s1. The van der Waals surface area contributed by atoms with Crippen molar-refractivity contribution >= 4 is 0 Å². The average molecular weight is 327 g/mol. The molecule has 1 aliphatic heterocycles. The Morgan fingerprint density at radius 3 is 2.50 bits per heavy atom. The highest BCUT2D eigenvalue weighted by atomic mass is 16.5. The molecule has 2 heterocycles. The van der Waals surface area contributed by atoms with Crippen molar-refractivity contribution in [2.45, 2.75) is 44.7 Å². The molecule has 0 unspecified atom stereocenters. The third-order valence-corrected chi connectivity index (χ3v) is 5.24. The van der Waals surface area contributed by atoms with Crippen molar-refractivity contribution in [3.8, 4) is 0 Å². The van der Waals surface area contributed by atoms with Gasteiger partial charge in [-0.15, -0.1) is 5.10 Å². The Labute approximate surface area is 142 Å². The Kier molecular flexibility index (Phi) is 4.58. The lowest BCUT2D eigenvalue weighted by atomic mass is 10.0. The monoisotopic (exact) mass is 327 g/mol. The predicted octanol–water partition coefficient (Wildman–Crippen LogP) is 2.52. The minimum atomic E-state index is 0.102. The maximum atomic E-state index is 5.55. The number of tetrazole rings is 1. The highest BCUT2D eigenvalue weighted by Crippen LogP contribution is 2.34. The number of benzene rings is 1. The summed E-state index contributed by atoms with van der Waals surface area (Å²) >= 11 is 0. The molecule has 2 aromatic rings. The number of rotatable bonds is 4. The van der Waals surface area contributed by atoms with E-state index in [1.165, 1.54) is 36.8 Å². The van der Waals surface area contributed by atoms with Crippen molar-refractivity contribution in [1.29, 1.82) is 0 Å². The SMILES string of the molecule is Cc1ccc([C@H](c2nnnn2C2CCCC2)N2CCOCC2)cc1. The molecule has 6 nitrogen and oxygen atoms in total. The van der Waals surface area contributed by atoms with Crippen molar-refractivity contribution in [3.63, 3.8) is 0 Å². The van der Waals surface area contributed by atoms with E-state index in [-0.39, 0.29) is 6.04 Å². The van der Waals surface area contributed by atoms with E-state index in [4.69, 9.17) is 4.74 Å². The topological polar surface area (TPSA) is 56.1 Å². The van der Waals surface area contributed by atoms with Gasteiger partial charge in [-0.1, -0.05) is 42.7 Å². The van der Waals surface area contributed by atoms with Gasteiger partial charge in [0.25, 0.3) is 0 Å². The molecule has 1 aliphatic carbocycles. The van der Waals surface area contributed by atoms with Crippen LogP contribution < -0.4 is 0 Å². The van der Waals surface area contributed by atoms with Gasteiger partial charge in [0.2, 0.25) is 0 Å². The van der Waals surface area contributed by atoms with Crippen LogP contribution in [0.25, 0.3) is 0 Å². The van der Waals surface area contributed by atoms with E-state index in [0.717, 1.165) is 32.1 Å². The van der Waals surface area contributed by atoms with Crippen molar-refractivity contribution in [3.05, 3.63) is 41.2 Å². The van der Waals surface area contributed by atoms with Crippen LogP contribution in [0.2, 0.25) is 0 Å². The van der Waals surface area contributed by atoms with Crippen LogP contribution in [0.15, 0.2) is 24.3 Å². The van der Waals surface area contributed by atoms with Gasteiger partial charge in [-0.2, -0.15) is 0 Å². The predicted molar refractivity (Wildman–Crippen MR) is 90.7 cm³/mol. The van der Waals surface area contributed by atoms with Gasteiger partial charge in [0.05, 0.1) is 25.3 Å². The molecule has 1 aromatic heterocycles. The maximum absolute atomic E-state index is 5.55. The van der Waals surface area contributed by atoms with E-state index < -0.39 is 0 Å². The first-order valence-electron chi connectivity index (χ1n) is 8.99. The first-order chi connectivity index (χ1) is 11.8. The summed E-state index contributed by atoms with van der Waals surface area (Å²) in [5, 5.41) is 12.8. The number of ether oxygens (including phenoxy) is 1. The molecule has 2 fully saturated rings. The zero-order valence-corrected chi connectivity index (χ0v) is 14.3. The second-order valence-corrected chi connectivity index (χ2v) is 6.88. The summed E-state index contributed by atoms with van der Waals surface area (Å²) in [5.74, 6) is 0.979. The van der Waals surface area contributed by atoms with Crippen molar-refractivity contribution in [2.75, 3.05) is 26.3 Å². The summed E-state index contributed by atoms with van der Waals surface area (Å²) < 4.78 is 7.64. The second kappa shape index (κ2) is 6.99. The molecule has 4 rings (SSSR count). The fourth-order valence-electron chi connectivity index (χ4n) is 3.90. The van der Waals surface area contributed by atoms with Crippen molar-refractivity contribution in [2.24, 2.45) is 0 Å². The summed E-state index contributed by atoms with van der Waals surface area (Å²) in [5.41, 5.74) is 2.53. The lowest BCUT2D eigenvalue weighted by Crippen LogP contribution is -2.40. The van der Waals surface area contributed by atoms with Gasteiger partial charge >= 0.3 is 0 Å². The lowest BCUT2D eigenvalue weighted by molar-refractivity contribution is 0.0213. The summed E-state index contributed by atoms with van der Waals surface area (Å²) in [6.07, 6.45) is 4.91. The maximum Gasteiger partial charge on any atom is 0.173 e. The van der Waals surface area contributed by atoms with E-state index in [9.17, 15) is 0 Å². The first-order valence-corrected chi connectivity index (χ1v) is 8.99. The molecule has 2 aliphatic rings. The fraction of sp³-hybridized carbons (Fsp3) is 0.611. The van der Waals surface area contributed by atoms with Gasteiger partial charge < -0.3 is 4.74 Å². The van der Waals surface area contributed by atoms with E-state index in [1.807, 2.05) is 0 Å². The molecular formula is C18H25N5O. The zero-order valence-electron chi connectivity index (χ0n) is 14.3. The molecule has 0 N–H and O–H groups in total. The Bertz CT molecular complexity index is 656. The Hall–Kier alpha value is -1.79. The fourth-order valence-corrected chi connectivity index (χ4v) is 3.90. The Morgan fingerprint density at radius 1 is 1.08 bits per heavy atom. The van der Waals surface area contributed by atoms with E-state index in [2.05, 4.69) is 56.3 Å². The smallest absolute Gasteiger partial charge is 0.173 e. The second-order valence-electron chi connectivity index (χ2n) is 6.88. The molecule has 128 valence electrons. The largest absolute Gasteiger partial charge is 0.379 e. The third kappa shape index (κ3) is 3.08. The molecule has 0 radical (unpaired) electrons. The highest BCUT2D eigenvalue weighted by Gasteiger charge is 2.31. The normalized spacial score (nSPS) is 21.2. The van der Waals surface area contributed by atoms with Crippen LogP contribution in [-0.2, 0) is 4.74 Å². The van der Waals surface area contributed by atoms with Gasteiger partial charge in [-0.25, -0.2) is 4.68 Å². The molecule has 1 saturated carbocycles. The van der Waals surface area contributed by atoms with Gasteiger partial charge in [-0.3, -0.25) is 4.90 Å². The van der Waals surface area contributed by atoms with E-state index in [0.29, 0.717) is 6.04 Å². The third-order valence-electron chi connectivity index (χ3n) is 5.24.